The van der Waals surface area contributed by atoms with Crippen molar-refractivity contribution in [3.8, 4) is 0 Å². The molecule has 1 aromatic rings. The summed E-state index contributed by atoms with van der Waals surface area (Å²) in [4.78, 5) is 4.11. The first-order chi connectivity index (χ1) is 7.58. The van der Waals surface area contributed by atoms with E-state index in [0.29, 0.717) is 11.7 Å². The third-order valence-corrected chi connectivity index (χ3v) is 3.59. The van der Waals surface area contributed by atoms with Gasteiger partial charge >= 0.3 is 0 Å². The lowest BCUT2D eigenvalue weighted by molar-refractivity contribution is 0.110. The SMILES string of the molecule is Cc1cnc(N)c(C(O)C2CCC(C)C2)c1. The van der Waals surface area contributed by atoms with Crippen LogP contribution in [-0.2, 0) is 0 Å². The molecule has 0 saturated heterocycles. The topological polar surface area (TPSA) is 59.1 Å². The van der Waals surface area contributed by atoms with Gasteiger partial charge in [0.15, 0.2) is 0 Å². The number of nitrogen functional groups attached to an aromatic ring is 1. The maximum atomic E-state index is 10.3. The Morgan fingerprint density at radius 2 is 2.25 bits per heavy atom. The predicted molar refractivity (Wildman–Crippen MR) is 64.9 cm³/mol. The van der Waals surface area contributed by atoms with Crippen molar-refractivity contribution in [2.75, 3.05) is 5.73 Å². The molecule has 88 valence electrons. The summed E-state index contributed by atoms with van der Waals surface area (Å²) in [6.45, 7) is 4.21. The summed E-state index contributed by atoms with van der Waals surface area (Å²) in [5.74, 6) is 1.54. The van der Waals surface area contributed by atoms with E-state index < -0.39 is 6.10 Å². The largest absolute Gasteiger partial charge is 0.388 e. The van der Waals surface area contributed by atoms with Crippen LogP contribution in [0.5, 0.6) is 0 Å². The fraction of sp³-hybridized carbons (Fsp3) is 0.615. The number of hydrogen-bond donors (Lipinski definition) is 2. The van der Waals surface area contributed by atoms with Gasteiger partial charge in [-0.1, -0.05) is 13.3 Å². The molecule has 1 aliphatic carbocycles. The summed E-state index contributed by atoms with van der Waals surface area (Å²) in [6, 6.07) is 1.95. The number of nitrogens with zero attached hydrogens (tertiary/aromatic N) is 1. The number of aryl methyl sites for hydroxylation is 1. The third kappa shape index (κ3) is 2.19. The van der Waals surface area contributed by atoms with Crippen LogP contribution in [0.2, 0.25) is 0 Å². The van der Waals surface area contributed by atoms with Crippen LogP contribution >= 0.6 is 0 Å². The second kappa shape index (κ2) is 4.42. The Morgan fingerprint density at radius 1 is 1.50 bits per heavy atom. The van der Waals surface area contributed by atoms with Gasteiger partial charge in [-0.3, -0.25) is 0 Å². The quantitative estimate of drug-likeness (QED) is 0.804. The zero-order chi connectivity index (χ0) is 11.7. The van der Waals surface area contributed by atoms with Gasteiger partial charge in [-0.25, -0.2) is 4.98 Å². The molecule has 3 unspecified atom stereocenters. The molecule has 1 heterocycles. The number of pyridine rings is 1. The van der Waals surface area contributed by atoms with E-state index in [1.54, 1.807) is 6.20 Å². The zero-order valence-electron chi connectivity index (χ0n) is 9.98. The summed E-state index contributed by atoms with van der Waals surface area (Å²) in [6.07, 6.45) is 4.69. The Kier molecular flexibility index (Phi) is 3.15. The van der Waals surface area contributed by atoms with Crippen molar-refractivity contribution in [2.24, 2.45) is 11.8 Å². The smallest absolute Gasteiger partial charge is 0.129 e. The molecule has 0 spiro atoms. The van der Waals surface area contributed by atoms with E-state index in [9.17, 15) is 5.11 Å². The minimum Gasteiger partial charge on any atom is -0.388 e. The van der Waals surface area contributed by atoms with Crippen LogP contribution in [-0.4, -0.2) is 10.1 Å². The second-order valence-corrected chi connectivity index (χ2v) is 5.11. The zero-order valence-corrected chi connectivity index (χ0v) is 9.98. The minimum absolute atomic E-state index is 0.348. The molecule has 3 atom stereocenters. The Morgan fingerprint density at radius 3 is 2.88 bits per heavy atom. The van der Waals surface area contributed by atoms with Crippen molar-refractivity contribution < 1.29 is 5.11 Å². The average molecular weight is 220 g/mol. The molecule has 0 aromatic carbocycles. The summed E-state index contributed by atoms with van der Waals surface area (Å²) in [7, 11) is 0. The van der Waals surface area contributed by atoms with Crippen molar-refractivity contribution in [1.29, 1.82) is 0 Å². The van der Waals surface area contributed by atoms with Crippen molar-refractivity contribution in [2.45, 2.75) is 39.2 Å². The van der Waals surface area contributed by atoms with Crippen LogP contribution in [0, 0.1) is 18.8 Å². The first kappa shape index (κ1) is 11.4. The number of aliphatic hydroxyl groups excluding tert-OH is 1. The highest BCUT2D eigenvalue weighted by Gasteiger charge is 2.29. The molecule has 16 heavy (non-hydrogen) atoms. The van der Waals surface area contributed by atoms with Crippen LogP contribution < -0.4 is 5.73 Å². The lowest BCUT2D eigenvalue weighted by Crippen LogP contribution is -2.12. The van der Waals surface area contributed by atoms with Crippen LogP contribution in [0.4, 0.5) is 5.82 Å². The Hall–Kier alpha value is -1.09. The minimum atomic E-state index is -0.447. The van der Waals surface area contributed by atoms with Gasteiger partial charge in [0.25, 0.3) is 0 Å². The number of hydrogen-bond acceptors (Lipinski definition) is 3. The van der Waals surface area contributed by atoms with Crippen molar-refractivity contribution >= 4 is 5.82 Å². The summed E-state index contributed by atoms with van der Waals surface area (Å²) >= 11 is 0. The van der Waals surface area contributed by atoms with E-state index in [2.05, 4.69) is 11.9 Å². The molecular weight excluding hydrogens is 200 g/mol. The third-order valence-electron chi connectivity index (χ3n) is 3.59. The van der Waals surface area contributed by atoms with Gasteiger partial charge in [0.1, 0.15) is 5.82 Å². The highest BCUT2D eigenvalue weighted by atomic mass is 16.3. The Balaban J connectivity index is 2.20. The molecule has 1 aliphatic rings. The van der Waals surface area contributed by atoms with E-state index in [4.69, 9.17) is 5.73 Å². The average Bonchev–Trinajstić information content (AvgIpc) is 2.67. The van der Waals surface area contributed by atoms with Gasteiger partial charge in [0.05, 0.1) is 6.10 Å². The molecule has 0 radical (unpaired) electrons. The summed E-state index contributed by atoms with van der Waals surface area (Å²) in [5.41, 5.74) is 7.68. The van der Waals surface area contributed by atoms with E-state index in [1.165, 1.54) is 6.42 Å². The number of anilines is 1. The van der Waals surface area contributed by atoms with Crippen molar-refractivity contribution in [3.05, 3.63) is 23.4 Å². The molecule has 0 aliphatic heterocycles. The first-order valence-electron chi connectivity index (χ1n) is 5.98. The highest BCUT2D eigenvalue weighted by molar-refractivity contribution is 5.42. The van der Waals surface area contributed by atoms with Gasteiger partial charge in [0.2, 0.25) is 0 Å². The van der Waals surface area contributed by atoms with Gasteiger partial charge in [-0.15, -0.1) is 0 Å². The van der Waals surface area contributed by atoms with E-state index in [1.807, 2.05) is 13.0 Å². The van der Waals surface area contributed by atoms with Crippen molar-refractivity contribution in [1.82, 2.24) is 4.98 Å². The van der Waals surface area contributed by atoms with Crippen LogP contribution in [0.25, 0.3) is 0 Å². The van der Waals surface area contributed by atoms with E-state index in [-0.39, 0.29) is 0 Å². The van der Waals surface area contributed by atoms with Gasteiger partial charge in [0, 0.05) is 11.8 Å². The lowest BCUT2D eigenvalue weighted by Gasteiger charge is -2.19. The molecule has 1 saturated carbocycles. The molecule has 2 rings (SSSR count). The standard InChI is InChI=1S/C13H20N2O/c1-8-3-4-10(5-8)12(16)11-6-9(2)7-15-13(11)14/h6-8,10,12,16H,3-5H2,1-2H3,(H2,14,15). The predicted octanol–water partition coefficient (Wildman–Crippen LogP) is 2.44. The molecular formula is C13H20N2O. The Bertz CT molecular complexity index is 378. The number of nitrogens with two attached hydrogens (primary N) is 1. The van der Waals surface area contributed by atoms with E-state index >= 15 is 0 Å². The molecule has 1 aromatic heterocycles. The second-order valence-electron chi connectivity index (χ2n) is 5.11. The fourth-order valence-electron chi connectivity index (χ4n) is 2.63. The van der Waals surface area contributed by atoms with E-state index in [0.717, 1.165) is 29.9 Å². The number of aliphatic hydroxyl groups is 1. The first-order valence-corrected chi connectivity index (χ1v) is 5.98. The number of aromatic nitrogens is 1. The molecule has 3 heteroatoms. The monoisotopic (exact) mass is 220 g/mol. The number of rotatable bonds is 2. The molecule has 3 N–H and O–H groups in total. The maximum Gasteiger partial charge on any atom is 0.129 e. The molecule has 3 nitrogen and oxygen atoms in total. The van der Waals surface area contributed by atoms with Crippen molar-refractivity contribution in [3.63, 3.8) is 0 Å². The molecule has 0 amide bonds. The maximum absolute atomic E-state index is 10.3. The normalized spacial score (nSPS) is 26.9. The molecule has 1 fully saturated rings. The summed E-state index contributed by atoms with van der Waals surface area (Å²) < 4.78 is 0. The summed E-state index contributed by atoms with van der Waals surface area (Å²) in [5, 5.41) is 10.3. The van der Waals surface area contributed by atoms with Crippen LogP contribution in [0.1, 0.15) is 43.4 Å². The van der Waals surface area contributed by atoms with Crippen LogP contribution in [0.15, 0.2) is 12.3 Å². The highest BCUT2D eigenvalue weighted by Crippen LogP contribution is 2.39. The lowest BCUT2D eigenvalue weighted by atomic mass is 9.93. The fourth-order valence-corrected chi connectivity index (χ4v) is 2.63. The van der Waals surface area contributed by atoms with Gasteiger partial charge in [-0.2, -0.15) is 0 Å². The van der Waals surface area contributed by atoms with Crippen LogP contribution in [0.3, 0.4) is 0 Å². The molecule has 0 bridgehead atoms. The van der Waals surface area contributed by atoms with Gasteiger partial charge < -0.3 is 10.8 Å². The Labute approximate surface area is 96.7 Å². The van der Waals surface area contributed by atoms with Gasteiger partial charge in [-0.05, 0) is 43.2 Å².